The Morgan fingerprint density at radius 3 is 2.15 bits per heavy atom. The van der Waals surface area contributed by atoms with E-state index < -0.39 is 20.2 Å². The van der Waals surface area contributed by atoms with Gasteiger partial charge in [0.05, 0.1) is 16.1 Å². The highest BCUT2D eigenvalue weighted by molar-refractivity contribution is 7.92. The number of sulfone groups is 1. The Hall–Kier alpha value is -3.85. The van der Waals surface area contributed by atoms with Crippen molar-refractivity contribution in [3.05, 3.63) is 85.1 Å². The van der Waals surface area contributed by atoms with E-state index in [0.717, 1.165) is 6.07 Å². The molecule has 0 saturated carbocycles. The quantitative estimate of drug-likeness (QED) is 0.336. The number of fused-ring (bicyclic) bond motifs is 2. The van der Waals surface area contributed by atoms with Crippen LogP contribution in [0.5, 0.6) is 0 Å². The first-order valence-electron chi connectivity index (χ1n) is 9.79. The fourth-order valence-corrected chi connectivity index (χ4v) is 4.69. The van der Waals surface area contributed by atoms with Gasteiger partial charge in [-0.05, 0) is 35.0 Å². The van der Waals surface area contributed by atoms with Crippen molar-refractivity contribution in [3.63, 3.8) is 0 Å². The van der Waals surface area contributed by atoms with Gasteiger partial charge in [0, 0.05) is 17.1 Å². The Morgan fingerprint density at radius 2 is 1.42 bits per heavy atom. The normalized spacial score (nSPS) is 12.3. The summed E-state index contributed by atoms with van der Waals surface area (Å²) in [6, 6.07) is 20.9. The van der Waals surface area contributed by atoms with Gasteiger partial charge in [-0.15, -0.1) is 0 Å². The van der Waals surface area contributed by atoms with Gasteiger partial charge in [-0.3, -0.25) is 4.98 Å². The first-order valence-corrected chi connectivity index (χ1v) is 11.3. The Balaban J connectivity index is 1.96. The van der Waals surface area contributed by atoms with Crippen LogP contribution in [0, 0.1) is 0 Å². The number of rotatable bonds is 3. The molecule has 0 aliphatic rings. The lowest BCUT2D eigenvalue weighted by Crippen LogP contribution is -2.24. The SMILES string of the molecule is O=S(=O)(c1ccc2ccccc2c1-c1nc(-c2ccccn2)nc2ccccc12)C(F)(F)F. The topological polar surface area (TPSA) is 72.8 Å². The van der Waals surface area contributed by atoms with E-state index in [4.69, 9.17) is 0 Å². The van der Waals surface area contributed by atoms with Gasteiger partial charge >= 0.3 is 5.51 Å². The van der Waals surface area contributed by atoms with Crippen LogP contribution in [0.4, 0.5) is 13.2 Å². The van der Waals surface area contributed by atoms with Gasteiger partial charge in [0.2, 0.25) is 0 Å². The molecule has 5 rings (SSSR count). The third-order valence-corrected chi connectivity index (χ3v) is 6.75. The molecule has 0 aliphatic heterocycles. The van der Waals surface area contributed by atoms with Crippen LogP contribution in [0.1, 0.15) is 0 Å². The summed E-state index contributed by atoms with van der Waals surface area (Å²) in [6.45, 7) is 0. The van der Waals surface area contributed by atoms with Gasteiger partial charge < -0.3 is 0 Å². The minimum Gasteiger partial charge on any atom is -0.253 e. The summed E-state index contributed by atoms with van der Waals surface area (Å²) >= 11 is 0. The zero-order valence-electron chi connectivity index (χ0n) is 16.8. The second kappa shape index (κ2) is 7.63. The summed E-state index contributed by atoms with van der Waals surface area (Å²) in [6.07, 6.45) is 1.55. The van der Waals surface area contributed by atoms with Crippen molar-refractivity contribution in [1.29, 1.82) is 0 Å². The molecule has 33 heavy (non-hydrogen) atoms. The first-order chi connectivity index (χ1) is 15.8. The molecule has 9 heteroatoms. The number of halogens is 3. The summed E-state index contributed by atoms with van der Waals surface area (Å²) in [5.41, 5.74) is -4.66. The van der Waals surface area contributed by atoms with E-state index in [1.807, 2.05) is 0 Å². The predicted molar refractivity (Wildman–Crippen MR) is 119 cm³/mol. The molecule has 5 nitrogen and oxygen atoms in total. The van der Waals surface area contributed by atoms with Crippen LogP contribution in [0.15, 0.2) is 90.0 Å². The van der Waals surface area contributed by atoms with Crippen molar-refractivity contribution in [1.82, 2.24) is 15.0 Å². The molecule has 0 amide bonds. The second-order valence-corrected chi connectivity index (χ2v) is 9.15. The molecule has 0 atom stereocenters. The van der Waals surface area contributed by atoms with Gasteiger partial charge in [-0.1, -0.05) is 54.6 Å². The fraction of sp³-hybridized carbons (Fsp3) is 0.0417. The number of benzene rings is 3. The first kappa shape index (κ1) is 21.0. The number of aromatic nitrogens is 3. The van der Waals surface area contributed by atoms with Gasteiger partial charge in [0.15, 0.2) is 5.82 Å². The molecule has 2 heterocycles. The molecular weight excluding hydrogens is 451 g/mol. The number of nitrogens with zero attached hydrogens (tertiary/aromatic N) is 3. The van der Waals surface area contributed by atoms with Gasteiger partial charge in [-0.2, -0.15) is 13.2 Å². The maximum Gasteiger partial charge on any atom is 0.501 e. The summed E-state index contributed by atoms with van der Waals surface area (Å²) < 4.78 is 66.1. The molecule has 164 valence electrons. The van der Waals surface area contributed by atoms with Crippen molar-refractivity contribution in [2.45, 2.75) is 10.4 Å². The molecule has 0 saturated heterocycles. The van der Waals surface area contributed by atoms with E-state index in [2.05, 4.69) is 15.0 Å². The molecule has 0 radical (unpaired) electrons. The van der Waals surface area contributed by atoms with Crippen molar-refractivity contribution in [2.24, 2.45) is 0 Å². The zero-order valence-corrected chi connectivity index (χ0v) is 17.6. The second-order valence-electron chi connectivity index (χ2n) is 7.24. The average Bonchev–Trinajstić information content (AvgIpc) is 2.82. The Bertz CT molecular complexity index is 1620. The minimum absolute atomic E-state index is 0.0841. The largest absolute Gasteiger partial charge is 0.501 e. The van der Waals surface area contributed by atoms with Crippen LogP contribution in [0.25, 0.3) is 44.5 Å². The molecule has 0 aliphatic carbocycles. The van der Waals surface area contributed by atoms with E-state index in [1.165, 1.54) is 6.07 Å². The lowest BCUT2D eigenvalue weighted by atomic mass is 9.99. The Kier molecular flexibility index (Phi) is 4.86. The van der Waals surface area contributed by atoms with E-state index in [1.54, 1.807) is 72.9 Å². The summed E-state index contributed by atoms with van der Waals surface area (Å²) in [5.74, 6) is 0.174. The van der Waals surface area contributed by atoms with Crippen LogP contribution < -0.4 is 0 Å². The van der Waals surface area contributed by atoms with Crippen LogP contribution in [0.3, 0.4) is 0 Å². The minimum atomic E-state index is -5.67. The molecule has 5 aromatic rings. The number of hydrogen-bond donors (Lipinski definition) is 0. The van der Waals surface area contributed by atoms with Gasteiger partial charge in [-0.25, -0.2) is 18.4 Å². The van der Waals surface area contributed by atoms with Gasteiger partial charge in [0.25, 0.3) is 9.84 Å². The summed E-state index contributed by atoms with van der Waals surface area (Å²) in [4.78, 5) is 12.4. The van der Waals surface area contributed by atoms with Crippen LogP contribution in [-0.2, 0) is 9.84 Å². The maximum atomic E-state index is 13.6. The van der Waals surface area contributed by atoms with Crippen molar-refractivity contribution >= 4 is 31.5 Å². The van der Waals surface area contributed by atoms with Gasteiger partial charge in [0.1, 0.15) is 5.69 Å². The summed E-state index contributed by atoms with van der Waals surface area (Å²) in [7, 11) is -5.67. The molecular formula is C24H14F3N3O2S. The highest BCUT2D eigenvalue weighted by Gasteiger charge is 2.48. The maximum absolute atomic E-state index is 13.6. The Morgan fingerprint density at radius 1 is 0.727 bits per heavy atom. The van der Waals surface area contributed by atoms with E-state index in [9.17, 15) is 21.6 Å². The number of hydrogen-bond acceptors (Lipinski definition) is 5. The zero-order chi connectivity index (χ0) is 23.2. The highest BCUT2D eigenvalue weighted by Crippen LogP contribution is 2.42. The molecule has 3 aromatic carbocycles. The number of pyridine rings is 1. The van der Waals surface area contributed by atoms with Crippen molar-refractivity contribution in [2.75, 3.05) is 0 Å². The van der Waals surface area contributed by atoms with E-state index in [0.29, 0.717) is 27.4 Å². The van der Waals surface area contributed by atoms with Crippen LogP contribution in [-0.4, -0.2) is 28.9 Å². The third kappa shape index (κ3) is 3.50. The number of para-hydroxylation sites is 1. The molecule has 0 N–H and O–H groups in total. The van der Waals surface area contributed by atoms with E-state index >= 15 is 0 Å². The highest BCUT2D eigenvalue weighted by atomic mass is 32.2. The Labute approximate surface area is 186 Å². The molecule has 0 bridgehead atoms. The lowest BCUT2D eigenvalue weighted by molar-refractivity contribution is -0.0435. The smallest absolute Gasteiger partial charge is 0.253 e. The molecule has 0 unspecified atom stereocenters. The molecule has 0 fully saturated rings. The van der Waals surface area contributed by atoms with Crippen LogP contribution >= 0.6 is 0 Å². The van der Waals surface area contributed by atoms with Crippen LogP contribution in [0.2, 0.25) is 0 Å². The molecule has 0 spiro atoms. The monoisotopic (exact) mass is 465 g/mol. The lowest BCUT2D eigenvalue weighted by Gasteiger charge is -2.17. The molecule has 2 aromatic heterocycles. The predicted octanol–water partition coefficient (Wildman–Crippen LogP) is 5.81. The average molecular weight is 465 g/mol. The fourth-order valence-electron chi connectivity index (χ4n) is 3.72. The van der Waals surface area contributed by atoms with Crippen molar-refractivity contribution in [3.8, 4) is 22.8 Å². The van der Waals surface area contributed by atoms with E-state index in [-0.39, 0.29) is 17.1 Å². The summed E-state index contributed by atoms with van der Waals surface area (Å²) in [5, 5.41) is 1.33. The third-order valence-electron chi connectivity index (χ3n) is 5.22. The standard InChI is InChI=1S/C24H14F3N3O2S/c25-24(26,27)33(31,32)20-13-12-15-7-1-2-8-16(15)21(20)22-17-9-3-4-10-18(17)29-23(30-22)19-11-5-6-14-28-19/h1-14H. The van der Waals surface area contributed by atoms with Crippen molar-refractivity contribution < 1.29 is 21.6 Å². The number of alkyl halides is 3.